The fourth-order valence-corrected chi connectivity index (χ4v) is 1.48. The maximum absolute atomic E-state index is 13.5. The van der Waals surface area contributed by atoms with Crippen LogP contribution in [-0.4, -0.2) is 5.11 Å². The van der Waals surface area contributed by atoms with Gasteiger partial charge in [0.05, 0.1) is 12.5 Å². The van der Waals surface area contributed by atoms with Crippen molar-refractivity contribution in [3.63, 3.8) is 0 Å². The molecule has 1 aromatic heterocycles. The minimum absolute atomic E-state index is 0.0931. The lowest BCUT2D eigenvalue weighted by Crippen LogP contribution is -2.04. The van der Waals surface area contributed by atoms with Crippen LogP contribution in [0.4, 0.5) is 8.78 Å². The molecular formula is C12H10F2O2. The Bertz CT molecular complexity index is 492. The Morgan fingerprint density at radius 2 is 1.94 bits per heavy atom. The van der Waals surface area contributed by atoms with E-state index in [1.165, 1.54) is 37.6 Å². The lowest BCUT2D eigenvalue weighted by atomic mass is 10.0. The van der Waals surface area contributed by atoms with Crippen LogP contribution in [0.25, 0.3) is 0 Å². The van der Waals surface area contributed by atoms with Gasteiger partial charge in [0.2, 0.25) is 0 Å². The summed E-state index contributed by atoms with van der Waals surface area (Å²) in [4.78, 5) is 0. The SMILES string of the molecule is Cc1ccc(C(O)c2ccoc2)c(F)c1F. The smallest absolute Gasteiger partial charge is 0.165 e. The van der Waals surface area contributed by atoms with Gasteiger partial charge < -0.3 is 9.52 Å². The van der Waals surface area contributed by atoms with Crippen LogP contribution < -0.4 is 0 Å². The van der Waals surface area contributed by atoms with Crippen LogP contribution in [0, 0.1) is 18.6 Å². The first kappa shape index (κ1) is 10.8. The van der Waals surface area contributed by atoms with Crippen molar-refractivity contribution in [1.29, 1.82) is 0 Å². The maximum Gasteiger partial charge on any atom is 0.165 e. The van der Waals surface area contributed by atoms with E-state index in [0.717, 1.165) is 0 Å². The fraction of sp³-hybridized carbons (Fsp3) is 0.167. The third-order valence-corrected chi connectivity index (χ3v) is 2.46. The van der Waals surface area contributed by atoms with Gasteiger partial charge in [0.25, 0.3) is 0 Å². The Labute approximate surface area is 91.1 Å². The first-order valence-electron chi connectivity index (χ1n) is 4.76. The zero-order chi connectivity index (χ0) is 11.7. The fourth-order valence-electron chi connectivity index (χ4n) is 1.48. The summed E-state index contributed by atoms with van der Waals surface area (Å²) in [5.41, 5.74) is 0.507. The zero-order valence-corrected chi connectivity index (χ0v) is 8.58. The standard InChI is InChI=1S/C12H10F2O2/c1-7-2-3-9(11(14)10(7)13)12(15)8-4-5-16-6-8/h2-6,12,15H,1H3. The van der Waals surface area contributed by atoms with Crippen LogP contribution >= 0.6 is 0 Å². The molecule has 0 aliphatic rings. The summed E-state index contributed by atoms with van der Waals surface area (Å²) in [6.07, 6.45) is 1.44. The van der Waals surface area contributed by atoms with Gasteiger partial charge in [-0.3, -0.25) is 0 Å². The molecule has 1 heterocycles. The molecule has 0 saturated heterocycles. The third-order valence-electron chi connectivity index (χ3n) is 2.46. The van der Waals surface area contributed by atoms with E-state index in [1.807, 2.05) is 0 Å². The van der Waals surface area contributed by atoms with E-state index >= 15 is 0 Å². The molecule has 0 bridgehead atoms. The number of hydrogen-bond acceptors (Lipinski definition) is 2. The normalized spacial score (nSPS) is 12.8. The first-order chi connectivity index (χ1) is 7.61. The second-order valence-corrected chi connectivity index (χ2v) is 3.56. The maximum atomic E-state index is 13.5. The van der Waals surface area contributed by atoms with Gasteiger partial charge >= 0.3 is 0 Å². The van der Waals surface area contributed by atoms with Gasteiger partial charge in [0, 0.05) is 11.1 Å². The lowest BCUT2D eigenvalue weighted by molar-refractivity contribution is 0.212. The summed E-state index contributed by atoms with van der Waals surface area (Å²) in [7, 11) is 0. The van der Waals surface area contributed by atoms with E-state index < -0.39 is 17.7 Å². The summed E-state index contributed by atoms with van der Waals surface area (Å²) >= 11 is 0. The van der Waals surface area contributed by atoms with Crippen molar-refractivity contribution < 1.29 is 18.3 Å². The summed E-state index contributed by atoms with van der Waals surface area (Å²) in [5, 5.41) is 9.81. The Morgan fingerprint density at radius 1 is 1.19 bits per heavy atom. The van der Waals surface area contributed by atoms with Crippen molar-refractivity contribution in [2.75, 3.05) is 0 Å². The third kappa shape index (κ3) is 1.72. The molecule has 0 spiro atoms. The van der Waals surface area contributed by atoms with Crippen LogP contribution in [0.2, 0.25) is 0 Å². The van der Waals surface area contributed by atoms with E-state index in [4.69, 9.17) is 4.42 Å². The van der Waals surface area contributed by atoms with Crippen molar-refractivity contribution in [3.05, 3.63) is 59.1 Å². The molecule has 2 rings (SSSR count). The predicted molar refractivity (Wildman–Crippen MR) is 53.9 cm³/mol. The Balaban J connectivity index is 2.45. The molecule has 0 amide bonds. The average molecular weight is 224 g/mol. The molecule has 0 saturated carbocycles. The Kier molecular flexibility index (Phi) is 2.75. The van der Waals surface area contributed by atoms with E-state index in [1.54, 1.807) is 0 Å². The summed E-state index contributed by atoms with van der Waals surface area (Å²) in [5.74, 6) is -1.95. The van der Waals surface area contributed by atoms with E-state index in [0.29, 0.717) is 5.56 Å². The molecular weight excluding hydrogens is 214 g/mol. The first-order valence-corrected chi connectivity index (χ1v) is 4.76. The Hall–Kier alpha value is -1.68. The molecule has 2 nitrogen and oxygen atoms in total. The Morgan fingerprint density at radius 3 is 2.56 bits per heavy atom. The summed E-state index contributed by atoms with van der Waals surface area (Å²) in [6.45, 7) is 1.46. The monoisotopic (exact) mass is 224 g/mol. The largest absolute Gasteiger partial charge is 0.472 e. The van der Waals surface area contributed by atoms with Gasteiger partial charge in [-0.15, -0.1) is 0 Å². The predicted octanol–water partition coefficient (Wildman–Crippen LogP) is 2.95. The van der Waals surface area contributed by atoms with Crippen molar-refractivity contribution in [2.45, 2.75) is 13.0 Å². The van der Waals surface area contributed by atoms with Crippen molar-refractivity contribution in [3.8, 4) is 0 Å². The van der Waals surface area contributed by atoms with Crippen molar-refractivity contribution in [1.82, 2.24) is 0 Å². The molecule has 1 N–H and O–H groups in total. The number of rotatable bonds is 2. The summed E-state index contributed by atoms with van der Waals surface area (Å²) < 4.78 is 31.6. The van der Waals surface area contributed by atoms with E-state index in [2.05, 4.69) is 0 Å². The van der Waals surface area contributed by atoms with Crippen LogP contribution in [-0.2, 0) is 0 Å². The zero-order valence-electron chi connectivity index (χ0n) is 8.58. The molecule has 0 aliphatic carbocycles. The highest BCUT2D eigenvalue weighted by Gasteiger charge is 2.19. The van der Waals surface area contributed by atoms with Gasteiger partial charge in [-0.1, -0.05) is 12.1 Å². The molecule has 0 fully saturated rings. The van der Waals surface area contributed by atoms with Crippen LogP contribution in [0.15, 0.2) is 35.1 Å². The number of hydrogen-bond donors (Lipinski definition) is 1. The topological polar surface area (TPSA) is 33.4 Å². The average Bonchev–Trinajstić information content (AvgIpc) is 2.79. The van der Waals surface area contributed by atoms with Gasteiger partial charge in [-0.05, 0) is 18.6 Å². The number of aliphatic hydroxyl groups is 1. The lowest BCUT2D eigenvalue weighted by Gasteiger charge is -2.11. The molecule has 16 heavy (non-hydrogen) atoms. The molecule has 4 heteroatoms. The second kappa shape index (κ2) is 4.06. The van der Waals surface area contributed by atoms with Crippen molar-refractivity contribution in [2.24, 2.45) is 0 Å². The van der Waals surface area contributed by atoms with Gasteiger partial charge in [0.15, 0.2) is 11.6 Å². The highest BCUT2D eigenvalue weighted by atomic mass is 19.2. The number of aryl methyl sites for hydroxylation is 1. The second-order valence-electron chi connectivity index (χ2n) is 3.56. The van der Waals surface area contributed by atoms with Gasteiger partial charge in [-0.2, -0.15) is 0 Å². The molecule has 2 aromatic rings. The number of aliphatic hydroxyl groups excluding tert-OH is 1. The highest BCUT2D eigenvalue weighted by Crippen LogP contribution is 2.26. The minimum atomic E-state index is -1.21. The quantitative estimate of drug-likeness (QED) is 0.850. The molecule has 0 aliphatic heterocycles. The molecule has 1 unspecified atom stereocenters. The van der Waals surface area contributed by atoms with Gasteiger partial charge in [0.1, 0.15) is 6.10 Å². The van der Waals surface area contributed by atoms with E-state index in [9.17, 15) is 13.9 Å². The number of benzene rings is 1. The van der Waals surface area contributed by atoms with Crippen LogP contribution in [0.1, 0.15) is 22.8 Å². The molecule has 1 aromatic carbocycles. The number of furan rings is 1. The molecule has 1 atom stereocenters. The highest BCUT2D eigenvalue weighted by molar-refractivity contribution is 5.32. The van der Waals surface area contributed by atoms with Gasteiger partial charge in [-0.25, -0.2) is 8.78 Å². The van der Waals surface area contributed by atoms with Crippen LogP contribution in [0.3, 0.4) is 0 Å². The van der Waals surface area contributed by atoms with Crippen LogP contribution in [0.5, 0.6) is 0 Å². The molecule has 84 valence electrons. The molecule has 0 radical (unpaired) electrons. The minimum Gasteiger partial charge on any atom is -0.472 e. The number of halogens is 2. The summed E-state index contributed by atoms with van der Waals surface area (Å²) in [6, 6.07) is 4.30. The van der Waals surface area contributed by atoms with E-state index in [-0.39, 0.29) is 11.1 Å². The van der Waals surface area contributed by atoms with Crippen molar-refractivity contribution >= 4 is 0 Å².